The minimum absolute atomic E-state index is 0.0395. The van der Waals surface area contributed by atoms with Crippen molar-refractivity contribution in [2.45, 2.75) is 12.8 Å². The van der Waals surface area contributed by atoms with E-state index in [1.54, 1.807) is 49.5 Å². The number of non-ortho nitro benzene ring substituents is 1. The first-order valence-electron chi connectivity index (χ1n) is 9.81. The third kappa shape index (κ3) is 4.03. The van der Waals surface area contributed by atoms with E-state index in [9.17, 15) is 25.4 Å². The summed E-state index contributed by atoms with van der Waals surface area (Å²) in [4.78, 5) is 29.0. The number of aryl methyl sites for hydroxylation is 1. The minimum Gasteiger partial charge on any atom is -0.293 e. The summed E-state index contributed by atoms with van der Waals surface area (Å²) in [5, 5.41) is 33.6. The smallest absolute Gasteiger partial charge is 0.277 e. The molecule has 4 rings (SSSR count). The summed E-state index contributed by atoms with van der Waals surface area (Å²) in [6, 6.07) is 19.1. The minimum atomic E-state index is -1.06. The number of nitriles is 2. The first-order valence-corrected chi connectivity index (χ1v) is 10.6. The molecule has 0 bridgehead atoms. The summed E-state index contributed by atoms with van der Waals surface area (Å²) in [6.45, 7) is 1.71. The lowest BCUT2D eigenvalue weighted by atomic mass is 9.82. The average molecular weight is 456 g/mol. The standard InChI is InChI=1S/C23H16N6O3S/c1-14-20(21(17(11-24)12-25)15-6-3-2-4-7-15)22(30)28(27-14)23-26-13-19(33-23)16-8-5-9-18(10-16)29(31)32/h2-10,13,17,21,27H,1H3/t21-/m0/s1. The number of hydrogen-bond donors (Lipinski definition) is 1. The fourth-order valence-electron chi connectivity index (χ4n) is 3.70. The zero-order valence-corrected chi connectivity index (χ0v) is 18.1. The number of nitro groups is 1. The molecule has 0 unspecified atom stereocenters. The third-order valence-electron chi connectivity index (χ3n) is 5.22. The van der Waals surface area contributed by atoms with E-state index in [0.29, 0.717) is 32.4 Å². The van der Waals surface area contributed by atoms with E-state index < -0.39 is 22.3 Å². The lowest BCUT2D eigenvalue weighted by Crippen LogP contribution is -2.23. The number of nitro benzene ring substituents is 1. The van der Waals surface area contributed by atoms with E-state index in [4.69, 9.17) is 0 Å². The molecule has 162 valence electrons. The first-order chi connectivity index (χ1) is 15.9. The molecule has 0 spiro atoms. The van der Waals surface area contributed by atoms with Crippen molar-refractivity contribution in [2.24, 2.45) is 5.92 Å². The van der Waals surface area contributed by atoms with Gasteiger partial charge in [0.2, 0.25) is 5.13 Å². The van der Waals surface area contributed by atoms with Crippen molar-refractivity contribution in [1.29, 1.82) is 10.5 Å². The summed E-state index contributed by atoms with van der Waals surface area (Å²) in [5.74, 6) is -1.79. The predicted octanol–water partition coefficient (Wildman–Crippen LogP) is 4.30. The Bertz CT molecular complexity index is 1460. The maximum absolute atomic E-state index is 13.4. The molecule has 0 radical (unpaired) electrons. The van der Waals surface area contributed by atoms with Gasteiger partial charge in [0, 0.05) is 41.1 Å². The van der Waals surface area contributed by atoms with Crippen LogP contribution in [0.15, 0.2) is 65.6 Å². The number of benzene rings is 2. The van der Waals surface area contributed by atoms with E-state index >= 15 is 0 Å². The van der Waals surface area contributed by atoms with Crippen LogP contribution >= 0.6 is 11.3 Å². The topological polar surface area (TPSA) is 141 Å². The number of aromatic nitrogens is 3. The number of aromatic amines is 1. The predicted molar refractivity (Wildman–Crippen MR) is 122 cm³/mol. The van der Waals surface area contributed by atoms with Crippen LogP contribution in [0.25, 0.3) is 15.6 Å². The monoisotopic (exact) mass is 456 g/mol. The van der Waals surface area contributed by atoms with Crippen LogP contribution in [0.4, 0.5) is 5.69 Å². The highest BCUT2D eigenvalue weighted by molar-refractivity contribution is 7.17. The summed E-state index contributed by atoms with van der Waals surface area (Å²) < 4.78 is 1.28. The summed E-state index contributed by atoms with van der Waals surface area (Å²) in [5.41, 5.74) is 1.70. The lowest BCUT2D eigenvalue weighted by Gasteiger charge is -2.16. The molecule has 4 aromatic rings. The van der Waals surface area contributed by atoms with Crippen LogP contribution in [0.5, 0.6) is 0 Å². The molecule has 2 aromatic heterocycles. The third-order valence-corrected chi connectivity index (χ3v) is 6.26. The fourth-order valence-corrected chi connectivity index (χ4v) is 4.57. The van der Waals surface area contributed by atoms with Gasteiger partial charge in [0.15, 0.2) is 0 Å². The van der Waals surface area contributed by atoms with E-state index in [2.05, 4.69) is 10.1 Å². The second kappa shape index (κ2) is 8.91. The highest BCUT2D eigenvalue weighted by atomic mass is 32.1. The molecule has 0 amide bonds. The Morgan fingerprint density at radius 3 is 2.55 bits per heavy atom. The van der Waals surface area contributed by atoms with Crippen molar-refractivity contribution in [2.75, 3.05) is 0 Å². The van der Waals surface area contributed by atoms with Gasteiger partial charge in [-0.25, -0.2) is 4.98 Å². The number of nitrogens with one attached hydrogen (secondary N) is 1. The normalized spacial score (nSPS) is 11.6. The van der Waals surface area contributed by atoms with Crippen molar-refractivity contribution in [3.05, 3.63) is 98.1 Å². The van der Waals surface area contributed by atoms with Crippen LogP contribution < -0.4 is 5.56 Å². The molecular weight excluding hydrogens is 440 g/mol. The van der Waals surface area contributed by atoms with Gasteiger partial charge in [0.05, 0.1) is 21.9 Å². The second-order valence-corrected chi connectivity index (χ2v) is 8.24. The number of H-pyrrole nitrogens is 1. The Kier molecular flexibility index (Phi) is 5.85. The van der Waals surface area contributed by atoms with Crippen LogP contribution in [0, 0.1) is 45.6 Å². The Balaban J connectivity index is 1.80. The fraction of sp³-hybridized carbons (Fsp3) is 0.130. The molecule has 0 aliphatic heterocycles. The molecule has 0 aliphatic carbocycles. The summed E-state index contributed by atoms with van der Waals surface area (Å²) in [6.07, 6.45) is 1.55. The molecule has 10 heteroatoms. The maximum atomic E-state index is 13.4. The van der Waals surface area contributed by atoms with Crippen molar-refractivity contribution in [1.82, 2.24) is 14.8 Å². The Morgan fingerprint density at radius 1 is 1.15 bits per heavy atom. The Hall–Kier alpha value is -4.54. The zero-order chi connectivity index (χ0) is 23.5. The summed E-state index contributed by atoms with van der Waals surface area (Å²) >= 11 is 1.19. The van der Waals surface area contributed by atoms with E-state index in [0.717, 1.165) is 0 Å². The maximum Gasteiger partial charge on any atom is 0.277 e. The molecule has 2 heterocycles. The Labute approximate surface area is 191 Å². The molecular formula is C23H16N6O3S. The number of nitrogens with zero attached hydrogens (tertiary/aromatic N) is 5. The van der Waals surface area contributed by atoms with Gasteiger partial charge in [0.25, 0.3) is 11.2 Å². The molecule has 33 heavy (non-hydrogen) atoms. The molecule has 2 aromatic carbocycles. The van der Waals surface area contributed by atoms with Gasteiger partial charge < -0.3 is 0 Å². The molecule has 0 aliphatic rings. The van der Waals surface area contributed by atoms with E-state index in [1.165, 1.54) is 28.2 Å². The van der Waals surface area contributed by atoms with Crippen LogP contribution in [-0.2, 0) is 0 Å². The highest BCUT2D eigenvalue weighted by Crippen LogP contribution is 2.33. The molecule has 1 N–H and O–H groups in total. The van der Waals surface area contributed by atoms with Gasteiger partial charge in [0.1, 0.15) is 5.92 Å². The zero-order valence-electron chi connectivity index (χ0n) is 17.3. The van der Waals surface area contributed by atoms with Crippen LogP contribution in [0.2, 0.25) is 0 Å². The molecule has 0 saturated carbocycles. The van der Waals surface area contributed by atoms with Gasteiger partial charge in [-0.1, -0.05) is 53.8 Å². The quantitative estimate of drug-likeness (QED) is 0.339. The van der Waals surface area contributed by atoms with Gasteiger partial charge in [-0.15, -0.1) is 0 Å². The highest BCUT2D eigenvalue weighted by Gasteiger charge is 2.31. The van der Waals surface area contributed by atoms with Gasteiger partial charge in [-0.3, -0.25) is 20.0 Å². The largest absolute Gasteiger partial charge is 0.293 e. The summed E-state index contributed by atoms with van der Waals surface area (Å²) in [7, 11) is 0. The van der Waals surface area contributed by atoms with Gasteiger partial charge in [-0.05, 0) is 12.5 Å². The van der Waals surface area contributed by atoms with Crippen molar-refractivity contribution >= 4 is 17.0 Å². The van der Waals surface area contributed by atoms with Crippen molar-refractivity contribution in [3.63, 3.8) is 0 Å². The Morgan fingerprint density at radius 2 is 1.88 bits per heavy atom. The van der Waals surface area contributed by atoms with Gasteiger partial charge in [-0.2, -0.15) is 15.2 Å². The van der Waals surface area contributed by atoms with E-state index in [-0.39, 0.29) is 5.69 Å². The van der Waals surface area contributed by atoms with Crippen molar-refractivity contribution in [3.8, 4) is 27.7 Å². The number of hydrogen-bond acceptors (Lipinski definition) is 7. The van der Waals surface area contributed by atoms with E-state index in [1.807, 2.05) is 18.2 Å². The lowest BCUT2D eigenvalue weighted by molar-refractivity contribution is -0.384. The first kappa shape index (κ1) is 21.7. The molecule has 9 nitrogen and oxygen atoms in total. The van der Waals surface area contributed by atoms with Crippen LogP contribution in [0.1, 0.15) is 22.7 Å². The number of thiazole rings is 1. The van der Waals surface area contributed by atoms with Crippen molar-refractivity contribution < 1.29 is 4.92 Å². The average Bonchev–Trinajstić information content (AvgIpc) is 3.43. The molecule has 1 atom stereocenters. The SMILES string of the molecule is Cc1[nH]n(-c2ncc(-c3cccc([N+](=O)[O-])c3)s2)c(=O)c1[C@@H](c1ccccc1)C(C#N)C#N. The van der Waals surface area contributed by atoms with Crippen LogP contribution in [0.3, 0.4) is 0 Å². The molecule has 0 fully saturated rings. The second-order valence-electron chi connectivity index (χ2n) is 7.23. The molecule has 0 saturated heterocycles. The van der Waals surface area contributed by atoms with Crippen LogP contribution in [-0.4, -0.2) is 19.7 Å². The van der Waals surface area contributed by atoms with Gasteiger partial charge >= 0.3 is 0 Å². The number of rotatable bonds is 6.